The highest BCUT2D eigenvalue weighted by atomic mass is 16.5. The van der Waals surface area contributed by atoms with Crippen LogP contribution in [-0.4, -0.2) is 0 Å². The Labute approximate surface area is 114 Å². The Bertz CT molecular complexity index is 522. The van der Waals surface area contributed by atoms with Crippen molar-refractivity contribution in [3.05, 3.63) is 78.4 Å². The van der Waals surface area contributed by atoms with Gasteiger partial charge < -0.3 is 10.5 Å². The molecule has 0 aliphatic heterocycles. The summed E-state index contributed by atoms with van der Waals surface area (Å²) in [5.41, 5.74) is 8.29. The van der Waals surface area contributed by atoms with Crippen LogP contribution in [0.25, 0.3) is 0 Å². The molecular formula is C17H19NO. The van der Waals surface area contributed by atoms with Crippen molar-refractivity contribution in [2.45, 2.75) is 19.1 Å². The highest BCUT2D eigenvalue weighted by molar-refractivity contribution is 5.31. The molecule has 0 aromatic heterocycles. The zero-order chi connectivity index (χ0) is 13.5. The van der Waals surface area contributed by atoms with E-state index in [4.69, 9.17) is 10.5 Å². The Morgan fingerprint density at radius 3 is 2.63 bits per heavy atom. The lowest BCUT2D eigenvalue weighted by Gasteiger charge is -2.12. The zero-order valence-corrected chi connectivity index (χ0v) is 11.0. The molecule has 2 N–H and O–H groups in total. The van der Waals surface area contributed by atoms with Crippen LogP contribution in [0.3, 0.4) is 0 Å². The molecule has 0 radical (unpaired) electrons. The first-order chi connectivity index (χ1) is 9.29. The first-order valence-electron chi connectivity index (χ1n) is 6.43. The lowest BCUT2D eigenvalue weighted by Crippen LogP contribution is -2.09. The van der Waals surface area contributed by atoms with Crippen molar-refractivity contribution >= 4 is 0 Å². The van der Waals surface area contributed by atoms with Crippen molar-refractivity contribution in [1.82, 2.24) is 0 Å². The van der Waals surface area contributed by atoms with E-state index in [1.165, 1.54) is 0 Å². The van der Waals surface area contributed by atoms with Gasteiger partial charge >= 0.3 is 0 Å². The second kappa shape index (κ2) is 6.76. The zero-order valence-electron chi connectivity index (χ0n) is 11.0. The summed E-state index contributed by atoms with van der Waals surface area (Å²) in [5.74, 6) is 0.848. The van der Waals surface area contributed by atoms with Crippen molar-refractivity contribution in [3.63, 3.8) is 0 Å². The van der Waals surface area contributed by atoms with Gasteiger partial charge in [-0.05, 0) is 29.7 Å². The predicted octanol–water partition coefficient (Wildman–Crippen LogP) is 3.84. The summed E-state index contributed by atoms with van der Waals surface area (Å²) in [7, 11) is 0. The number of nitrogens with two attached hydrogens (primary N) is 1. The van der Waals surface area contributed by atoms with E-state index in [0.717, 1.165) is 23.3 Å². The topological polar surface area (TPSA) is 35.2 Å². The molecule has 19 heavy (non-hydrogen) atoms. The molecule has 0 aliphatic rings. The normalized spacial score (nSPS) is 11.8. The van der Waals surface area contributed by atoms with Crippen molar-refractivity contribution < 1.29 is 4.74 Å². The van der Waals surface area contributed by atoms with E-state index in [0.29, 0.717) is 6.61 Å². The molecule has 2 rings (SSSR count). The lowest BCUT2D eigenvalue weighted by atomic mass is 10.0. The molecule has 0 amide bonds. The van der Waals surface area contributed by atoms with Crippen LogP contribution in [0.2, 0.25) is 0 Å². The first-order valence-corrected chi connectivity index (χ1v) is 6.43. The Balaban J connectivity index is 2.01. The van der Waals surface area contributed by atoms with E-state index in [9.17, 15) is 0 Å². The van der Waals surface area contributed by atoms with E-state index in [1.807, 2.05) is 60.7 Å². The van der Waals surface area contributed by atoms with Crippen molar-refractivity contribution in [2.24, 2.45) is 5.73 Å². The lowest BCUT2D eigenvalue weighted by molar-refractivity contribution is 0.305. The van der Waals surface area contributed by atoms with Gasteiger partial charge in [-0.1, -0.05) is 48.5 Å². The van der Waals surface area contributed by atoms with Gasteiger partial charge in [0.05, 0.1) is 0 Å². The molecule has 0 spiro atoms. The SMILES string of the molecule is C=CC[C@@H](N)c1cccc(OCc2ccccc2)c1. The number of hydrogen-bond donors (Lipinski definition) is 1. The minimum absolute atomic E-state index is 0.0159. The fourth-order valence-corrected chi connectivity index (χ4v) is 1.89. The first kappa shape index (κ1) is 13.4. The van der Waals surface area contributed by atoms with Gasteiger partial charge in [-0.3, -0.25) is 0 Å². The quantitative estimate of drug-likeness (QED) is 0.794. The maximum Gasteiger partial charge on any atom is 0.120 e. The molecule has 2 heteroatoms. The molecule has 2 nitrogen and oxygen atoms in total. The Morgan fingerprint density at radius 1 is 1.11 bits per heavy atom. The third-order valence-corrected chi connectivity index (χ3v) is 2.96. The standard InChI is InChI=1S/C17H19NO/c1-2-7-17(18)15-10-6-11-16(12-15)19-13-14-8-4-3-5-9-14/h2-6,8-12,17H,1,7,13,18H2/t17-/m1/s1. The number of ether oxygens (including phenoxy) is 1. The Hall–Kier alpha value is -2.06. The summed E-state index contributed by atoms with van der Waals surface area (Å²) < 4.78 is 5.78. The molecule has 0 saturated heterocycles. The van der Waals surface area contributed by atoms with Gasteiger partial charge in [-0.25, -0.2) is 0 Å². The Kier molecular flexibility index (Phi) is 4.76. The summed E-state index contributed by atoms with van der Waals surface area (Å²) in [5, 5.41) is 0. The van der Waals surface area contributed by atoms with Gasteiger partial charge in [0.2, 0.25) is 0 Å². The number of hydrogen-bond acceptors (Lipinski definition) is 2. The fourth-order valence-electron chi connectivity index (χ4n) is 1.89. The van der Waals surface area contributed by atoms with E-state index in [-0.39, 0.29) is 6.04 Å². The molecule has 98 valence electrons. The second-order valence-electron chi connectivity index (χ2n) is 4.48. The second-order valence-corrected chi connectivity index (χ2v) is 4.48. The molecule has 0 bridgehead atoms. The molecule has 1 atom stereocenters. The molecule has 0 unspecified atom stereocenters. The van der Waals surface area contributed by atoms with E-state index >= 15 is 0 Å². The van der Waals surface area contributed by atoms with Crippen LogP contribution in [0.15, 0.2) is 67.3 Å². The maximum absolute atomic E-state index is 6.05. The largest absolute Gasteiger partial charge is 0.489 e. The number of benzene rings is 2. The monoisotopic (exact) mass is 253 g/mol. The van der Waals surface area contributed by atoms with E-state index < -0.39 is 0 Å². The summed E-state index contributed by atoms with van der Waals surface area (Å²) >= 11 is 0. The van der Waals surface area contributed by atoms with Crippen molar-refractivity contribution in [1.29, 1.82) is 0 Å². The predicted molar refractivity (Wildman–Crippen MR) is 79.0 cm³/mol. The fraction of sp³-hybridized carbons (Fsp3) is 0.176. The third kappa shape index (κ3) is 3.97. The van der Waals surface area contributed by atoms with Crippen LogP contribution >= 0.6 is 0 Å². The van der Waals surface area contributed by atoms with Crippen LogP contribution in [0, 0.1) is 0 Å². The van der Waals surface area contributed by atoms with Crippen LogP contribution in [0.5, 0.6) is 5.75 Å². The minimum atomic E-state index is -0.0159. The maximum atomic E-state index is 6.05. The number of rotatable bonds is 6. The van der Waals surface area contributed by atoms with Gasteiger partial charge in [0.1, 0.15) is 12.4 Å². The molecule has 0 heterocycles. The van der Waals surface area contributed by atoms with E-state index in [1.54, 1.807) is 0 Å². The molecule has 0 fully saturated rings. The molecule has 0 aliphatic carbocycles. The summed E-state index contributed by atoms with van der Waals surface area (Å²) in [6, 6.07) is 18.0. The molecular weight excluding hydrogens is 234 g/mol. The average Bonchev–Trinajstić information content (AvgIpc) is 2.47. The molecule has 2 aromatic rings. The highest BCUT2D eigenvalue weighted by Gasteiger charge is 2.05. The highest BCUT2D eigenvalue weighted by Crippen LogP contribution is 2.21. The van der Waals surface area contributed by atoms with E-state index in [2.05, 4.69) is 6.58 Å². The van der Waals surface area contributed by atoms with Gasteiger partial charge in [-0.2, -0.15) is 0 Å². The Morgan fingerprint density at radius 2 is 1.89 bits per heavy atom. The smallest absolute Gasteiger partial charge is 0.120 e. The third-order valence-electron chi connectivity index (χ3n) is 2.96. The summed E-state index contributed by atoms with van der Waals surface area (Å²) in [4.78, 5) is 0. The van der Waals surface area contributed by atoms with Crippen LogP contribution in [-0.2, 0) is 6.61 Å². The molecule has 2 aromatic carbocycles. The van der Waals surface area contributed by atoms with Crippen LogP contribution in [0.4, 0.5) is 0 Å². The average molecular weight is 253 g/mol. The van der Waals surface area contributed by atoms with Gasteiger partial charge in [-0.15, -0.1) is 6.58 Å². The molecule has 0 saturated carbocycles. The summed E-state index contributed by atoms with van der Waals surface area (Å²) in [6.07, 6.45) is 2.60. The van der Waals surface area contributed by atoms with Crippen molar-refractivity contribution in [3.8, 4) is 5.75 Å². The minimum Gasteiger partial charge on any atom is -0.489 e. The van der Waals surface area contributed by atoms with Crippen LogP contribution < -0.4 is 10.5 Å². The van der Waals surface area contributed by atoms with Crippen LogP contribution in [0.1, 0.15) is 23.6 Å². The van der Waals surface area contributed by atoms with Gasteiger partial charge in [0.25, 0.3) is 0 Å². The van der Waals surface area contributed by atoms with Crippen molar-refractivity contribution in [2.75, 3.05) is 0 Å². The van der Waals surface area contributed by atoms with Gasteiger partial charge in [0.15, 0.2) is 0 Å². The van der Waals surface area contributed by atoms with Gasteiger partial charge in [0, 0.05) is 6.04 Å². The summed E-state index contributed by atoms with van der Waals surface area (Å²) in [6.45, 7) is 4.28.